The van der Waals surface area contributed by atoms with Crippen LogP contribution in [0, 0.1) is 0 Å². The highest BCUT2D eigenvalue weighted by Crippen LogP contribution is 2.12. The largest absolute Gasteiger partial charge is 0.481 e. The summed E-state index contributed by atoms with van der Waals surface area (Å²) in [7, 11) is 1.55. The number of carbonyl (C=O) groups is 1. The number of urea groups is 1. The Balaban J connectivity index is 1.50. The van der Waals surface area contributed by atoms with E-state index in [9.17, 15) is 4.79 Å². The van der Waals surface area contributed by atoms with Crippen molar-refractivity contribution in [3.8, 4) is 5.88 Å². The normalized spacial score (nSPS) is 10.3. The monoisotopic (exact) mass is 352 g/mol. The van der Waals surface area contributed by atoms with Crippen molar-refractivity contribution in [2.24, 2.45) is 0 Å². The molecule has 0 unspecified atom stereocenters. The molecule has 134 valence electrons. The first-order valence-electron chi connectivity index (χ1n) is 8.14. The average Bonchev–Trinajstić information content (AvgIpc) is 3.18. The maximum Gasteiger partial charge on any atom is 0.315 e. The summed E-state index contributed by atoms with van der Waals surface area (Å²) in [4.78, 5) is 20.1. The fourth-order valence-corrected chi connectivity index (χ4v) is 2.50. The van der Waals surface area contributed by atoms with Crippen LogP contribution < -0.4 is 15.4 Å². The Bertz CT molecular complexity index is 850. The molecular formula is C18H20N6O2. The lowest BCUT2D eigenvalue weighted by Crippen LogP contribution is -2.34. The molecule has 0 aliphatic rings. The third-order valence-electron chi connectivity index (χ3n) is 3.74. The van der Waals surface area contributed by atoms with E-state index < -0.39 is 0 Å². The van der Waals surface area contributed by atoms with Crippen LogP contribution >= 0.6 is 0 Å². The van der Waals surface area contributed by atoms with Gasteiger partial charge in [0.05, 0.1) is 13.7 Å². The van der Waals surface area contributed by atoms with Gasteiger partial charge in [0.25, 0.3) is 0 Å². The maximum atomic E-state index is 12.0. The first kappa shape index (κ1) is 17.4. The number of carbonyl (C=O) groups excluding carboxylic acids is 1. The third kappa shape index (κ3) is 4.79. The summed E-state index contributed by atoms with van der Waals surface area (Å²) in [6.45, 7) is 1.41. The fraction of sp³-hybridized carbons (Fsp3) is 0.222. The molecular weight excluding hydrogens is 332 g/mol. The van der Waals surface area contributed by atoms with E-state index in [0.29, 0.717) is 25.5 Å². The minimum Gasteiger partial charge on any atom is -0.481 e. The van der Waals surface area contributed by atoms with E-state index in [1.54, 1.807) is 30.4 Å². The SMILES string of the molecule is COc1ncccc1CNC(=O)NCc1cccc(Cn2cncn2)c1. The Morgan fingerprint density at radius 3 is 2.81 bits per heavy atom. The summed E-state index contributed by atoms with van der Waals surface area (Å²) < 4.78 is 6.92. The van der Waals surface area contributed by atoms with Gasteiger partial charge in [-0.15, -0.1) is 0 Å². The highest BCUT2D eigenvalue weighted by Gasteiger charge is 2.06. The molecule has 26 heavy (non-hydrogen) atoms. The number of rotatable bonds is 7. The summed E-state index contributed by atoms with van der Waals surface area (Å²) in [6, 6.07) is 11.4. The third-order valence-corrected chi connectivity index (χ3v) is 3.74. The van der Waals surface area contributed by atoms with Crippen LogP contribution in [0.15, 0.2) is 55.2 Å². The molecule has 0 saturated carbocycles. The molecule has 1 aromatic carbocycles. The molecule has 2 N–H and O–H groups in total. The predicted molar refractivity (Wildman–Crippen MR) is 95.4 cm³/mol. The number of ether oxygens (including phenoxy) is 1. The predicted octanol–water partition coefficient (Wildman–Crippen LogP) is 1.73. The van der Waals surface area contributed by atoms with E-state index in [4.69, 9.17) is 4.74 Å². The summed E-state index contributed by atoms with van der Waals surface area (Å²) in [5.74, 6) is 0.508. The number of benzene rings is 1. The van der Waals surface area contributed by atoms with Crippen LogP contribution in [0.4, 0.5) is 4.79 Å². The highest BCUT2D eigenvalue weighted by molar-refractivity contribution is 5.73. The number of nitrogens with zero attached hydrogens (tertiary/aromatic N) is 4. The minimum absolute atomic E-state index is 0.252. The van der Waals surface area contributed by atoms with E-state index in [1.165, 1.54) is 6.33 Å². The maximum absolute atomic E-state index is 12.0. The van der Waals surface area contributed by atoms with Crippen molar-refractivity contribution in [2.45, 2.75) is 19.6 Å². The zero-order valence-electron chi connectivity index (χ0n) is 14.4. The van der Waals surface area contributed by atoms with Gasteiger partial charge in [-0.05, 0) is 17.2 Å². The number of hydrogen-bond acceptors (Lipinski definition) is 5. The molecule has 2 amide bonds. The van der Waals surface area contributed by atoms with Crippen molar-refractivity contribution in [2.75, 3.05) is 7.11 Å². The van der Waals surface area contributed by atoms with Crippen LogP contribution in [-0.4, -0.2) is 32.9 Å². The summed E-state index contributed by atoms with van der Waals surface area (Å²) in [6.07, 6.45) is 4.83. The molecule has 2 heterocycles. The van der Waals surface area contributed by atoms with Crippen LogP contribution in [0.3, 0.4) is 0 Å². The number of amides is 2. The van der Waals surface area contributed by atoms with Crippen molar-refractivity contribution >= 4 is 6.03 Å². The average molecular weight is 352 g/mol. The molecule has 0 fully saturated rings. The quantitative estimate of drug-likeness (QED) is 0.675. The summed E-state index contributed by atoms with van der Waals surface area (Å²) >= 11 is 0. The fourth-order valence-electron chi connectivity index (χ4n) is 2.50. The van der Waals surface area contributed by atoms with Gasteiger partial charge in [-0.1, -0.05) is 30.3 Å². The molecule has 3 rings (SSSR count). The first-order valence-corrected chi connectivity index (χ1v) is 8.14. The van der Waals surface area contributed by atoms with Crippen molar-refractivity contribution < 1.29 is 9.53 Å². The molecule has 0 bridgehead atoms. The molecule has 0 radical (unpaired) electrons. The van der Waals surface area contributed by atoms with Gasteiger partial charge in [0.2, 0.25) is 5.88 Å². The molecule has 8 nitrogen and oxygen atoms in total. The van der Waals surface area contributed by atoms with E-state index >= 15 is 0 Å². The summed E-state index contributed by atoms with van der Waals surface area (Å²) in [5.41, 5.74) is 2.92. The van der Waals surface area contributed by atoms with Gasteiger partial charge in [-0.3, -0.25) is 0 Å². The molecule has 0 atom stereocenters. The number of aromatic nitrogens is 4. The second kappa shape index (κ2) is 8.61. The first-order chi connectivity index (χ1) is 12.7. The van der Waals surface area contributed by atoms with Gasteiger partial charge in [0.15, 0.2) is 0 Å². The zero-order chi connectivity index (χ0) is 18.2. The van der Waals surface area contributed by atoms with Crippen LogP contribution in [0.2, 0.25) is 0 Å². The van der Waals surface area contributed by atoms with E-state index in [1.807, 2.05) is 30.3 Å². The highest BCUT2D eigenvalue weighted by atomic mass is 16.5. The molecule has 0 spiro atoms. The van der Waals surface area contributed by atoms with Crippen LogP contribution in [-0.2, 0) is 19.6 Å². The lowest BCUT2D eigenvalue weighted by Gasteiger charge is -2.10. The minimum atomic E-state index is -0.252. The van der Waals surface area contributed by atoms with Crippen molar-refractivity contribution in [1.29, 1.82) is 0 Å². The lowest BCUT2D eigenvalue weighted by atomic mass is 10.1. The Morgan fingerprint density at radius 1 is 1.15 bits per heavy atom. The van der Waals surface area contributed by atoms with Crippen molar-refractivity contribution in [3.05, 3.63) is 71.9 Å². The summed E-state index contributed by atoms with van der Waals surface area (Å²) in [5, 5.41) is 9.74. The number of methoxy groups -OCH3 is 1. The molecule has 8 heteroatoms. The Morgan fingerprint density at radius 2 is 2.00 bits per heavy atom. The lowest BCUT2D eigenvalue weighted by molar-refractivity contribution is 0.240. The number of nitrogens with one attached hydrogen (secondary N) is 2. The molecule has 3 aromatic rings. The van der Waals surface area contributed by atoms with Gasteiger partial charge in [0, 0.05) is 24.8 Å². The molecule has 0 aliphatic heterocycles. The Hall–Kier alpha value is -3.42. The second-order valence-corrected chi connectivity index (χ2v) is 5.62. The van der Waals surface area contributed by atoms with Gasteiger partial charge in [-0.25, -0.2) is 19.4 Å². The Kier molecular flexibility index (Phi) is 5.76. The van der Waals surface area contributed by atoms with Crippen molar-refractivity contribution in [3.63, 3.8) is 0 Å². The zero-order valence-corrected chi connectivity index (χ0v) is 14.4. The smallest absolute Gasteiger partial charge is 0.315 e. The van der Waals surface area contributed by atoms with E-state index in [2.05, 4.69) is 25.7 Å². The number of pyridine rings is 1. The number of hydrogen-bond donors (Lipinski definition) is 2. The van der Waals surface area contributed by atoms with E-state index in [0.717, 1.165) is 16.7 Å². The standard InChI is InChI=1S/C18H20N6O2/c1-26-17-16(6-3-7-20-17)10-22-18(25)21-9-14-4-2-5-15(8-14)11-24-13-19-12-23-24/h2-8,12-13H,9-11H2,1H3,(H2,21,22,25). The Labute approximate surface area is 151 Å². The van der Waals surface area contributed by atoms with Crippen molar-refractivity contribution in [1.82, 2.24) is 30.4 Å². The van der Waals surface area contributed by atoms with Gasteiger partial charge in [-0.2, -0.15) is 5.10 Å². The van der Waals surface area contributed by atoms with Crippen LogP contribution in [0.5, 0.6) is 5.88 Å². The van der Waals surface area contributed by atoms with E-state index in [-0.39, 0.29) is 6.03 Å². The van der Waals surface area contributed by atoms with Gasteiger partial charge >= 0.3 is 6.03 Å². The topological polar surface area (TPSA) is 94.0 Å². The van der Waals surface area contributed by atoms with Crippen LogP contribution in [0.1, 0.15) is 16.7 Å². The van der Waals surface area contributed by atoms with Gasteiger partial charge < -0.3 is 15.4 Å². The second-order valence-electron chi connectivity index (χ2n) is 5.62. The molecule has 0 aliphatic carbocycles. The van der Waals surface area contributed by atoms with Gasteiger partial charge in [0.1, 0.15) is 12.7 Å². The molecule has 0 saturated heterocycles. The molecule has 2 aromatic heterocycles. The van der Waals surface area contributed by atoms with Crippen LogP contribution in [0.25, 0.3) is 0 Å².